The van der Waals surface area contributed by atoms with E-state index in [9.17, 15) is 9.59 Å². The van der Waals surface area contributed by atoms with Crippen molar-refractivity contribution in [2.75, 3.05) is 20.3 Å². The van der Waals surface area contributed by atoms with Crippen LogP contribution in [-0.4, -0.2) is 52.2 Å². The zero-order valence-corrected chi connectivity index (χ0v) is 17.0. The maximum absolute atomic E-state index is 12.2. The third-order valence-corrected chi connectivity index (χ3v) is 8.28. The Hall–Kier alpha value is -0.923. The molecule has 136 valence electrons. The van der Waals surface area contributed by atoms with E-state index in [1.165, 1.54) is 7.11 Å². The normalized spacial score (nSPS) is 14.3. The van der Waals surface area contributed by atoms with Gasteiger partial charge in [0.15, 0.2) is 14.1 Å². The minimum atomic E-state index is -2.02. The molecule has 0 fully saturated rings. The fraction of sp³-hybridized carbons (Fsp3) is 0.875. The van der Waals surface area contributed by atoms with Crippen LogP contribution in [0, 0.1) is 0 Å². The monoisotopic (exact) mass is 347 g/mol. The quantitative estimate of drug-likeness (QED) is 0.716. The smallest absolute Gasteiger partial charge is 0.408 e. The summed E-state index contributed by atoms with van der Waals surface area (Å²) >= 11 is 0. The van der Waals surface area contributed by atoms with E-state index in [0.717, 1.165) is 0 Å². The van der Waals surface area contributed by atoms with Gasteiger partial charge in [0.2, 0.25) is 0 Å². The third kappa shape index (κ3) is 8.48. The Balaban J connectivity index is 4.90. The molecule has 0 heterocycles. The molecule has 1 N–H and O–H groups in total. The predicted molar refractivity (Wildman–Crippen MR) is 93.2 cm³/mol. The minimum absolute atomic E-state index is 0.0216. The summed E-state index contributed by atoms with van der Waals surface area (Å²) < 4.78 is 16.1. The SMILES string of the molecule is COCC(=O)C(CO[Si](C)(C)C(C)(C)C)NC(=O)OC(C)(C)C. The molecule has 0 aromatic heterocycles. The van der Waals surface area contributed by atoms with Crippen molar-refractivity contribution in [2.45, 2.75) is 71.3 Å². The number of nitrogens with one attached hydrogen (secondary N) is 1. The molecule has 0 aliphatic carbocycles. The highest BCUT2D eigenvalue weighted by Gasteiger charge is 2.38. The fourth-order valence-electron chi connectivity index (χ4n) is 1.42. The Morgan fingerprint density at radius 1 is 1.09 bits per heavy atom. The second kappa shape index (κ2) is 8.26. The number of amides is 1. The summed E-state index contributed by atoms with van der Waals surface area (Å²) in [6.45, 7) is 15.9. The van der Waals surface area contributed by atoms with Gasteiger partial charge < -0.3 is 19.2 Å². The van der Waals surface area contributed by atoms with E-state index in [4.69, 9.17) is 13.9 Å². The zero-order chi connectivity index (χ0) is 18.5. The lowest BCUT2D eigenvalue weighted by molar-refractivity contribution is -0.125. The van der Waals surface area contributed by atoms with Gasteiger partial charge in [-0.25, -0.2) is 4.79 Å². The number of ketones is 1. The van der Waals surface area contributed by atoms with Crippen LogP contribution in [0.25, 0.3) is 0 Å². The highest BCUT2D eigenvalue weighted by atomic mass is 28.4. The topological polar surface area (TPSA) is 73.9 Å². The van der Waals surface area contributed by atoms with Crippen molar-refractivity contribution in [2.24, 2.45) is 0 Å². The van der Waals surface area contributed by atoms with E-state index in [2.05, 4.69) is 39.2 Å². The van der Waals surface area contributed by atoms with E-state index in [0.29, 0.717) is 0 Å². The molecular formula is C16H33NO5Si. The van der Waals surface area contributed by atoms with Crippen LogP contribution >= 0.6 is 0 Å². The number of alkyl carbamates (subject to hydrolysis) is 1. The molecule has 0 saturated carbocycles. The lowest BCUT2D eigenvalue weighted by atomic mass is 10.2. The number of ether oxygens (including phenoxy) is 2. The summed E-state index contributed by atoms with van der Waals surface area (Å²) in [5.74, 6) is -0.239. The molecule has 0 rings (SSSR count). The number of carbonyl (C=O) groups is 2. The largest absolute Gasteiger partial charge is 0.444 e. The van der Waals surface area contributed by atoms with Crippen molar-refractivity contribution in [1.29, 1.82) is 0 Å². The molecule has 0 radical (unpaired) electrons. The first-order chi connectivity index (χ1) is 10.2. The van der Waals surface area contributed by atoms with Crippen molar-refractivity contribution >= 4 is 20.2 Å². The summed E-state index contributed by atoms with van der Waals surface area (Å²) in [5.41, 5.74) is -0.626. The van der Waals surface area contributed by atoms with Gasteiger partial charge >= 0.3 is 6.09 Å². The van der Waals surface area contributed by atoms with Crippen molar-refractivity contribution in [3.8, 4) is 0 Å². The van der Waals surface area contributed by atoms with Gasteiger partial charge in [0.25, 0.3) is 0 Å². The molecule has 0 aliphatic rings. The van der Waals surface area contributed by atoms with Crippen molar-refractivity contribution in [3.63, 3.8) is 0 Å². The summed E-state index contributed by atoms with van der Waals surface area (Å²) in [6, 6.07) is -0.779. The Labute approximate surface area is 141 Å². The molecule has 1 amide bonds. The lowest BCUT2D eigenvalue weighted by Crippen LogP contribution is -2.51. The van der Waals surface area contributed by atoms with Gasteiger partial charge in [0, 0.05) is 7.11 Å². The van der Waals surface area contributed by atoms with Crippen molar-refractivity contribution in [3.05, 3.63) is 0 Å². The van der Waals surface area contributed by atoms with Gasteiger partial charge in [-0.1, -0.05) is 20.8 Å². The Morgan fingerprint density at radius 2 is 1.61 bits per heavy atom. The number of rotatable bonds is 7. The average Bonchev–Trinajstić information content (AvgIpc) is 2.30. The first-order valence-electron chi connectivity index (χ1n) is 7.85. The molecule has 23 heavy (non-hydrogen) atoms. The second-order valence-corrected chi connectivity index (χ2v) is 13.0. The van der Waals surface area contributed by atoms with Gasteiger partial charge in [0.1, 0.15) is 18.2 Å². The van der Waals surface area contributed by atoms with Crippen LogP contribution in [0.4, 0.5) is 4.79 Å². The maximum atomic E-state index is 12.2. The highest BCUT2D eigenvalue weighted by molar-refractivity contribution is 6.74. The summed E-state index contributed by atoms with van der Waals surface area (Å²) in [4.78, 5) is 24.1. The van der Waals surface area contributed by atoms with E-state index in [1.807, 2.05) is 0 Å². The lowest BCUT2D eigenvalue weighted by Gasteiger charge is -2.37. The highest BCUT2D eigenvalue weighted by Crippen LogP contribution is 2.36. The molecule has 1 unspecified atom stereocenters. The van der Waals surface area contributed by atoms with E-state index >= 15 is 0 Å². The first-order valence-corrected chi connectivity index (χ1v) is 10.8. The third-order valence-electron chi connectivity index (χ3n) is 3.78. The van der Waals surface area contributed by atoms with Crippen molar-refractivity contribution in [1.82, 2.24) is 5.32 Å². The summed E-state index contributed by atoms with van der Waals surface area (Å²) in [5, 5.41) is 2.61. The van der Waals surface area contributed by atoms with Gasteiger partial charge in [0.05, 0.1) is 6.61 Å². The molecule has 1 atom stereocenters. The van der Waals surface area contributed by atoms with Crippen LogP contribution < -0.4 is 5.32 Å². The molecular weight excluding hydrogens is 314 g/mol. The maximum Gasteiger partial charge on any atom is 0.408 e. The van der Waals surface area contributed by atoms with Crippen LogP contribution in [0.3, 0.4) is 0 Å². The predicted octanol–water partition coefficient (Wildman–Crippen LogP) is 3.12. The van der Waals surface area contributed by atoms with Gasteiger partial charge in [-0.15, -0.1) is 0 Å². The average molecular weight is 348 g/mol. The Morgan fingerprint density at radius 3 is 2.00 bits per heavy atom. The number of hydrogen-bond donors (Lipinski definition) is 1. The number of methoxy groups -OCH3 is 1. The van der Waals surface area contributed by atoms with E-state index < -0.39 is 26.1 Å². The van der Waals surface area contributed by atoms with Crippen LogP contribution in [0.1, 0.15) is 41.5 Å². The number of carbonyl (C=O) groups excluding carboxylic acids is 2. The molecule has 0 saturated heterocycles. The molecule has 0 aliphatic heterocycles. The van der Waals surface area contributed by atoms with Gasteiger partial charge in [-0.2, -0.15) is 0 Å². The molecule has 0 spiro atoms. The first kappa shape index (κ1) is 22.1. The Bertz CT molecular complexity index is 410. The van der Waals surface area contributed by atoms with E-state index in [-0.39, 0.29) is 24.0 Å². The standard InChI is InChI=1S/C16H33NO5Si/c1-15(2,3)22-14(19)17-12(13(18)11-20-7)10-21-23(8,9)16(4,5)6/h12H,10-11H2,1-9H3,(H,17,19). The number of hydrogen-bond acceptors (Lipinski definition) is 5. The summed E-state index contributed by atoms with van der Waals surface area (Å²) in [7, 11) is -0.578. The molecule has 7 heteroatoms. The Kier molecular flexibility index (Phi) is 7.93. The zero-order valence-electron chi connectivity index (χ0n) is 16.0. The van der Waals surface area contributed by atoms with Crippen molar-refractivity contribution < 1.29 is 23.5 Å². The number of Topliss-reactive ketones (excluding diaryl/α,β-unsaturated/α-hetero) is 1. The molecule has 0 bridgehead atoms. The summed E-state index contributed by atoms with van der Waals surface area (Å²) in [6.07, 6.45) is -0.634. The van der Waals surface area contributed by atoms with Crippen LogP contribution in [0.5, 0.6) is 0 Å². The second-order valence-electron chi connectivity index (χ2n) is 8.17. The van der Waals surface area contributed by atoms with E-state index in [1.54, 1.807) is 20.8 Å². The van der Waals surface area contributed by atoms with Gasteiger partial charge in [-0.05, 0) is 38.9 Å². The fourth-order valence-corrected chi connectivity index (χ4v) is 2.43. The molecule has 0 aromatic rings. The van der Waals surface area contributed by atoms with Crippen LogP contribution in [0.15, 0.2) is 0 Å². The van der Waals surface area contributed by atoms with Gasteiger partial charge in [-0.3, -0.25) is 4.79 Å². The van der Waals surface area contributed by atoms with Crippen LogP contribution in [0.2, 0.25) is 18.1 Å². The molecule has 6 nitrogen and oxygen atoms in total. The van der Waals surface area contributed by atoms with Crippen LogP contribution in [-0.2, 0) is 18.7 Å². The molecule has 0 aromatic carbocycles. The minimum Gasteiger partial charge on any atom is -0.444 e.